The normalized spacial score (nSPS) is 10.3. The lowest BCUT2D eigenvalue weighted by molar-refractivity contribution is 0.268. The molecule has 4 heteroatoms. The first-order chi connectivity index (χ1) is 9.74. The van der Waals surface area contributed by atoms with Crippen LogP contribution in [-0.4, -0.2) is 6.61 Å². The fourth-order valence-electron chi connectivity index (χ4n) is 1.92. The molecule has 0 saturated carbocycles. The number of rotatable bonds is 6. The van der Waals surface area contributed by atoms with E-state index in [4.69, 9.17) is 15.2 Å². The average Bonchev–Trinajstić information content (AvgIpc) is 2.47. The Morgan fingerprint density at radius 1 is 1.00 bits per heavy atom. The van der Waals surface area contributed by atoms with Crippen LogP contribution in [0.5, 0.6) is 11.5 Å². The first-order valence-corrected chi connectivity index (χ1v) is 7.36. The summed E-state index contributed by atoms with van der Waals surface area (Å²) in [6.45, 7) is 3.55. The van der Waals surface area contributed by atoms with Gasteiger partial charge in [-0.1, -0.05) is 40.2 Å². The maximum Gasteiger partial charge on any atom is 0.162 e. The number of hydrogen-bond donors (Lipinski definition) is 1. The van der Waals surface area contributed by atoms with Gasteiger partial charge in [0.05, 0.1) is 6.61 Å². The van der Waals surface area contributed by atoms with Gasteiger partial charge in [-0.3, -0.25) is 0 Å². The number of halogens is 1. The van der Waals surface area contributed by atoms with Crippen LogP contribution in [0.3, 0.4) is 0 Å². The first kappa shape index (κ1) is 14.9. The predicted octanol–water partition coefficient (Wildman–Crippen LogP) is 3.89. The standard InChI is InChI=1S/C16H18BrNO2/c1-2-19-16-9-14(17)7-8-15(16)20-11-13-6-4-3-5-12(13)10-18/h3-9H,2,10-11,18H2,1H3. The van der Waals surface area contributed by atoms with Crippen LogP contribution in [0.15, 0.2) is 46.9 Å². The van der Waals surface area contributed by atoms with Gasteiger partial charge in [0.2, 0.25) is 0 Å². The van der Waals surface area contributed by atoms with Gasteiger partial charge in [0.1, 0.15) is 6.61 Å². The van der Waals surface area contributed by atoms with E-state index in [2.05, 4.69) is 15.9 Å². The zero-order valence-corrected chi connectivity index (χ0v) is 13.0. The second-order valence-electron chi connectivity index (χ2n) is 4.29. The van der Waals surface area contributed by atoms with Crippen LogP contribution < -0.4 is 15.2 Å². The molecule has 2 rings (SSSR count). The number of ether oxygens (including phenoxy) is 2. The van der Waals surface area contributed by atoms with Gasteiger partial charge in [0.15, 0.2) is 11.5 Å². The Bertz CT molecular complexity index is 572. The van der Waals surface area contributed by atoms with E-state index >= 15 is 0 Å². The van der Waals surface area contributed by atoms with Crippen molar-refractivity contribution in [3.05, 3.63) is 58.1 Å². The molecule has 0 unspecified atom stereocenters. The van der Waals surface area contributed by atoms with Crippen LogP contribution in [0.2, 0.25) is 0 Å². The summed E-state index contributed by atoms with van der Waals surface area (Å²) in [6.07, 6.45) is 0. The zero-order valence-electron chi connectivity index (χ0n) is 11.4. The Balaban J connectivity index is 2.14. The minimum atomic E-state index is 0.481. The Morgan fingerprint density at radius 3 is 2.45 bits per heavy atom. The lowest BCUT2D eigenvalue weighted by Gasteiger charge is -2.13. The van der Waals surface area contributed by atoms with E-state index in [1.807, 2.05) is 49.4 Å². The highest BCUT2D eigenvalue weighted by molar-refractivity contribution is 9.10. The molecule has 0 heterocycles. The van der Waals surface area contributed by atoms with Gasteiger partial charge in [-0.2, -0.15) is 0 Å². The summed E-state index contributed by atoms with van der Waals surface area (Å²) in [5.74, 6) is 1.48. The molecule has 3 nitrogen and oxygen atoms in total. The predicted molar refractivity (Wildman–Crippen MR) is 84.0 cm³/mol. The SMILES string of the molecule is CCOc1cc(Br)ccc1OCc1ccccc1CN. The van der Waals surface area contributed by atoms with Gasteiger partial charge in [0.25, 0.3) is 0 Å². The van der Waals surface area contributed by atoms with Crippen LogP contribution in [0.25, 0.3) is 0 Å². The van der Waals surface area contributed by atoms with Crippen molar-refractivity contribution in [1.29, 1.82) is 0 Å². The van der Waals surface area contributed by atoms with E-state index < -0.39 is 0 Å². The van der Waals surface area contributed by atoms with Crippen molar-refractivity contribution in [2.24, 2.45) is 5.73 Å². The summed E-state index contributed by atoms with van der Waals surface area (Å²) in [6, 6.07) is 13.8. The van der Waals surface area contributed by atoms with Crippen LogP contribution in [0.1, 0.15) is 18.1 Å². The van der Waals surface area contributed by atoms with Crippen LogP contribution in [0, 0.1) is 0 Å². The summed E-state index contributed by atoms with van der Waals surface area (Å²) in [4.78, 5) is 0. The van der Waals surface area contributed by atoms with Crippen molar-refractivity contribution in [3.8, 4) is 11.5 Å². The molecule has 2 N–H and O–H groups in total. The quantitative estimate of drug-likeness (QED) is 0.870. The molecule has 0 atom stereocenters. The van der Waals surface area contributed by atoms with Gasteiger partial charge < -0.3 is 15.2 Å². The van der Waals surface area contributed by atoms with E-state index in [-0.39, 0.29) is 0 Å². The van der Waals surface area contributed by atoms with Crippen molar-refractivity contribution in [2.75, 3.05) is 6.61 Å². The lowest BCUT2D eigenvalue weighted by Crippen LogP contribution is -2.05. The maximum atomic E-state index is 5.87. The molecular formula is C16H18BrNO2. The van der Waals surface area contributed by atoms with Crippen LogP contribution in [-0.2, 0) is 13.2 Å². The van der Waals surface area contributed by atoms with Crippen LogP contribution >= 0.6 is 15.9 Å². The third kappa shape index (κ3) is 3.74. The topological polar surface area (TPSA) is 44.5 Å². The first-order valence-electron chi connectivity index (χ1n) is 6.56. The van der Waals surface area contributed by atoms with Crippen molar-refractivity contribution in [3.63, 3.8) is 0 Å². The molecule has 0 aliphatic heterocycles. The Kier molecular flexibility index (Phi) is 5.44. The van der Waals surface area contributed by atoms with E-state index in [1.165, 1.54) is 0 Å². The van der Waals surface area contributed by atoms with Gasteiger partial charge in [-0.05, 0) is 36.2 Å². The second-order valence-corrected chi connectivity index (χ2v) is 5.20. The van der Waals surface area contributed by atoms with Gasteiger partial charge in [-0.25, -0.2) is 0 Å². The fourth-order valence-corrected chi connectivity index (χ4v) is 2.26. The molecule has 0 bridgehead atoms. The summed E-state index contributed by atoms with van der Waals surface area (Å²) < 4.78 is 12.4. The maximum absolute atomic E-state index is 5.87. The highest BCUT2D eigenvalue weighted by atomic mass is 79.9. The summed E-state index contributed by atoms with van der Waals surface area (Å²) in [5.41, 5.74) is 7.93. The summed E-state index contributed by atoms with van der Waals surface area (Å²) in [7, 11) is 0. The number of benzene rings is 2. The highest BCUT2D eigenvalue weighted by Crippen LogP contribution is 2.31. The molecule has 106 valence electrons. The van der Waals surface area contributed by atoms with E-state index in [0.717, 1.165) is 27.1 Å². The minimum Gasteiger partial charge on any atom is -0.490 e. The second kappa shape index (κ2) is 7.31. The number of nitrogens with two attached hydrogens (primary N) is 1. The Morgan fingerprint density at radius 2 is 1.75 bits per heavy atom. The molecule has 2 aromatic carbocycles. The Hall–Kier alpha value is -1.52. The fraction of sp³-hybridized carbons (Fsp3) is 0.250. The van der Waals surface area contributed by atoms with Crippen molar-refractivity contribution < 1.29 is 9.47 Å². The molecule has 2 aromatic rings. The number of hydrogen-bond acceptors (Lipinski definition) is 3. The smallest absolute Gasteiger partial charge is 0.162 e. The summed E-state index contributed by atoms with van der Waals surface area (Å²) in [5, 5.41) is 0. The molecule has 0 aromatic heterocycles. The molecular weight excluding hydrogens is 318 g/mol. The van der Waals surface area contributed by atoms with Crippen molar-refractivity contribution in [2.45, 2.75) is 20.1 Å². The minimum absolute atomic E-state index is 0.481. The third-order valence-electron chi connectivity index (χ3n) is 2.93. The van der Waals surface area contributed by atoms with Gasteiger partial charge >= 0.3 is 0 Å². The van der Waals surface area contributed by atoms with Crippen LogP contribution in [0.4, 0.5) is 0 Å². The summed E-state index contributed by atoms with van der Waals surface area (Å²) >= 11 is 3.43. The molecule has 0 aliphatic rings. The molecule has 0 fully saturated rings. The third-order valence-corrected chi connectivity index (χ3v) is 3.42. The van der Waals surface area contributed by atoms with E-state index in [9.17, 15) is 0 Å². The molecule has 0 saturated heterocycles. The monoisotopic (exact) mass is 335 g/mol. The largest absolute Gasteiger partial charge is 0.490 e. The Labute approximate surface area is 127 Å². The molecule has 0 spiro atoms. The van der Waals surface area contributed by atoms with Crippen molar-refractivity contribution >= 4 is 15.9 Å². The van der Waals surface area contributed by atoms with E-state index in [1.54, 1.807) is 0 Å². The van der Waals surface area contributed by atoms with Gasteiger partial charge in [0, 0.05) is 11.0 Å². The molecule has 20 heavy (non-hydrogen) atoms. The lowest BCUT2D eigenvalue weighted by atomic mass is 10.1. The van der Waals surface area contributed by atoms with E-state index in [0.29, 0.717) is 19.8 Å². The molecule has 0 aliphatic carbocycles. The molecule has 0 amide bonds. The zero-order chi connectivity index (χ0) is 14.4. The van der Waals surface area contributed by atoms with Gasteiger partial charge in [-0.15, -0.1) is 0 Å². The van der Waals surface area contributed by atoms with Crippen molar-refractivity contribution in [1.82, 2.24) is 0 Å². The highest BCUT2D eigenvalue weighted by Gasteiger charge is 2.07. The average molecular weight is 336 g/mol. The molecule has 0 radical (unpaired) electrons.